The summed E-state index contributed by atoms with van der Waals surface area (Å²) in [6.07, 6.45) is -0.291. The predicted molar refractivity (Wildman–Crippen MR) is 112 cm³/mol. The second kappa shape index (κ2) is 8.57. The van der Waals surface area contributed by atoms with Gasteiger partial charge in [0.2, 0.25) is 0 Å². The molecule has 1 aromatic heterocycles. The average Bonchev–Trinajstić information content (AvgIpc) is 2.84. The Morgan fingerprint density at radius 1 is 1.14 bits per heavy atom. The molecule has 1 saturated heterocycles. The number of hydrogen-bond donors (Lipinski definition) is 2. The van der Waals surface area contributed by atoms with E-state index in [4.69, 9.17) is 15.2 Å². The zero-order valence-corrected chi connectivity index (χ0v) is 18.5. The zero-order chi connectivity index (χ0) is 22.0. The topological polar surface area (TPSA) is 107 Å². The fourth-order valence-corrected chi connectivity index (χ4v) is 3.17. The van der Waals surface area contributed by atoms with E-state index in [1.807, 2.05) is 33.8 Å². The lowest BCUT2D eigenvalue weighted by molar-refractivity contribution is 0.0286. The smallest absolute Gasteiger partial charge is 0.413 e. The van der Waals surface area contributed by atoms with Crippen LogP contribution in [-0.2, 0) is 15.9 Å². The molecule has 3 N–H and O–H groups in total. The van der Waals surface area contributed by atoms with Gasteiger partial charge in [0, 0.05) is 24.8 Å². The maximum Gasteiger partial charge on any atom is 0.413 e. The van der Waals surface area contributed by atoms with Crippen molar-refractivity contribution in [3.05, 3.63) is 23.4 Å². The number of rotatable bonds is 3. The molecule has 8 nitrogen and oxygen atoms in total. The van der Waals surface area contributed by atoms with Crippen LogP contribution < -0.4 is 11.1 Å². The van der Waals surface area contributed by atoms with Crippen molar-refractivity contribution in [1.29, 1.82) is 0 Å². The molecule has 0 aromatic carbocycles. The van der Waals surface area contributed by atoms with Crippen LogP contribution in [0.3, 0.4) is 0 Å². The molecule has 1 aromatic rings. The summed E-state index contributed by atoms with van der Waals surface area (Å²) in [7, 11) is 0. The number of anilines is 1. The molecular weight excluding hydrogens is 372 g/mol. The van der Waals surface area contributed by atoms with E-state index in [1.54, 1.807) is 31.7 Å². The second-order valence-corrected chi connectivity index (χ2v) is 9.66. The van der Waals surface area contributed by atoms with Crippen LogP contribution in [-0.4, -0.2) is 52.4 Å². The molecule has 8 heteroatoms. The van der Waals surface area contributed by atoms with E-state index in [1.165, 1.54) is 0 Å². The molecular formula is C21H34N4O4. The van der Waals surface area contributed by atoms with E-state index in [9.17, 15) is 9.59 Å². The summed E-state index contributed by atoms with van der Waals surface area (Å²) >= 11 is 0. The van der Waals surface area contributed by atoms with Gasteiger partial charge in [-0.05, 0) is 78.5 Å². The van der Waals surface area contributed by atoms with Crippen molar-refractivity contribution in [3.8, 4) is 0 Å². The Bertz CT molecular complexity index is 752. The highest BCUT2D eigenvalue weighted by atomic mass is 16.6. The maximum atomic E-state index is 12.3. The van der Waals surface area contributed by atoms with E-state index in [-0.39, 0.29) is 18.1 Å². The van der Waals surface area contributed by atoms with Crippen molar-refractivity contribution in [2.45, 2.75) is 72.1 Å². The summed E-state index contributed by atoms with van der Waals surface area (Å²) in [5.41, 5.74) is 6.93. The molecule has 0 unspecified atom stereocenters. The summed E-state index contributed by atoms with van der Waals surface area (Å²) in [5, 5.41) is 2.68. The lowest BCUT2D eigenvalue weighted by Crippen LogP contribution is -2.36. The fraction of sp³-hybridized carbons (Fsp3) is 0.667. The highest BCUT2D eigenvalue weighted by Crippen LogP contribution is 2.23. The number of nitrogens with one attached hydrogen (secondary N) is 1. The van der Waals surface area contributed by atoms with Crippen molar-refractivity contribution in [3.63, 3.8) is 0 Å². The van der Waals surface area contributed by atoms with Gasteiger partial charge in [-0.1, -0.05) is 0 Å². The molecule has 1 aliphatic heterocycles. The average molecular weight is 407 g/mol. The molecule has 2 rings (SSSR count). The highest BCUT2D eigenvalue weighted by Gasteiger charge is 2.35. The van der Waals surface area contributed by atoms with Crippen LogP contribution in [0, 0.1) is 12.8 Å². The van der Waals surface area contributed by atoms with Crippen LogP contribution in [0.25, 0.3) is 0 Å². The van der Waals surface area contributed by atoms with Gasteiger partial charge in [-0.15, -0.1) is 0 Å². The molecule has 0 saturated carbocycles. The van der Waals surface area contributed by atoms with Gasteiger partial charge in [0.15, 0.2) is 0 Å². The molecule has 1 fully saturated rings. The minimum Gasteiger partial charge on any atom is -0.444 e. The first kappa shape index (κ1) is 22.9. The van der Waals surface area contributed by atoms with E-state index in [0.29, 0.717) is 25.3 Å². The van der Waals surface area contributed by atoms with E-state index >= 15 is 0 Å². The first-order valence-corrected chi connectivity index (χ1v) is 9.93. The molecule has 0 aliphatic carbocycles. The minimum atomic E-state index is -0.585. The normalized spacial score (nSPS) is 19.8. The Labute approximate surface area is 173 Å². The Kier molecular flexibility index (Phi) is 6.78. The van der Waals surface area contributed by atoms with Crippen LogP contribution in [0.4, 0.5) is 15.4 Å². The number of nitrogens with two attached hydrogens (primary N) is 1. The van der Waals surface area contributed by atoms with Crippen LogP contribution in [0.1, 0.15) is 52.8 Å². The number of aryl methyl sites for hydroxylation is 1. The monoisotopic (exact) mass is 406 g/mol. The first-order chi connectivity index (χ1) is 13.2. The van der Waals surface area contributed by atoms with Crippen molar-refractivity contribution >= 4 is 18.0 Å². The van der Waals surface area contributed by atoms with Crippen LogP contribution in [0.5, 0.6) is 0 Å². The van der Waals surface area contributed by atoms with Crippen LogP contribution >= 0.6 is 0 Å². The summed E-state index contributed by atoms with van der Waals surface area (Å²) in [5.74, 6) is 0.496. The largest absolute Gasteiger partial charge is 0.444 e. The lowest BCUT2D eigenvalue weighted by atomic mass is 9.98. The maximum absolute atomic E-state index is 12.3. The molecule has 29 heavy (non-hydrogen) atoms. The number of ether oxygens (including phenoxy) is 2. The number of aromatic nitrogens is 1. The predicted octanol–water partition coefficient (Wildman–Crippen LogP) is 3.47. The number of pyridine rings is 1. The zero-order valence-electron chi connectivity index (χ0n) is 18.5. The number of likely N-dealkylation sites (tertiary alicyclic amines) is 1. The molecule has 0 spiro atoms. The van der Waals surface area contributed by atoms with E-state index < -0.39 is 17.3 Å². The third-order valence-electron chi connectivity index (χ3n) is 4.27. The minimum absolute atomic E-state index is 0.0613. The summed E-state index contributed by atoms with van der Waals surface area (Å²) in [4.78, 5) is 30.5. The van der Waals surface area contributed by atoms with E-state index in [0.717, 1.165) is 11.3 Å². The summed E-state index contributed by atoms with van der Waals surface area (Å²) in [6.45, 7) is 13.8. The quantitative estimate of drug-likeness (QED) is 0.796. The molecule has 0 bridgehead atoms. The van der Waals surface area contributed by atoms with Crippen LogP contribution in [0.2, 0.25) is 0 Å². The number of carbonyl (C=O) groups excluding carboxylic acids is 2. The number of hydrogen-bond acceptors (Lipinski definition) is 6. The van der Waals surface area contributed by atoms with Gasteiger partial charge in [0.1, 0.15) is 17.0 Å². The van der Waals surface area contributed by atoms with Gasteiger partial charge < -0.3 is 20.1 Å². The first-order valence-electron chi connectivity index (χ1n) is 9.93. The second-order valence-electron chi connectivity index (χ2n) is 9.66. The molecule has 2 amide bonds. The molecule has 2 heterocycles. The Morgan fingerprint density at radius 3 is 2.34 bits per heavy atom. The van der Waals surface area contributed by atoms with Gasteiger partial charge in [0.05, 0.1) is 0 Å². The number of carbonyl (C=O) groups is 2. The fourth-order valence-electron chi connectivity index (χ4n) is 3.17. The molecule has 162 valence electrons. The third-order valence-corrected chi connectivity index (χ3v) is 4.27. The van der Waals surface area contributed by atoms with Crippen molar-refractivity contribution in [1.82, 2.24) is 9.88 Å². The Balaban J connectivity index is 2.03. The van der Waals surface area contributed by atoms with Gasteiger partial charge in [-0.2, -0.15) is 0 Å². The third kappa shape index (κ3) is 7.53. The van der Waals surface area contributed by atoms with Gasteiger partial charge in [-0.25, -0.2) is 14.6 Å². The van der Waals surface area contributed by atoms with Crippen molar-refractivity contribution in [2.24, 2.45) is 11.7 Å². The molecule has 1 aliphatic rings. The summed E-state index contributed by atoms with van der Waals surface area (Å²) in [6, 6.07) is 3.59. The molecule has 0 radical (unpaired) electrons. The number of nitrogens with zero attached hydrogens (tertiary/aromatic N) is 2. The number of amides is 2. The van der Waals surface area contributed by atoms with Crippen LogP contribution in [0.15, 0.2) is 12.1 Å². The van der Waals surface area contributed by atoms with E-state index in [2.05, 4.69) is 10.3 Å². The Hall–Kier alpha value is -2.35. The van der Waals surface area contributed by atoms with Gasteiger partial charge in [0.25, 0.3) is 0 Å². The summed E-state index contributed by atoms with van der Waals surface area (Å²) < 4.78 is 10.7. The lowest BCUT2D eigenvalue weighted by Gasteiger charge is -2.24. The Morgan fingerprint density at radius 2 is 1.76 bits per heavy atom. The molecule has 2 atom stereocenters. The van der Waals surface area contributed by atoms with Gasteiger partial charge in [-0.3, -0.25) is 5.32 Å². The standard InChI is InChI=1S/C21H34N4O4/c1-13-8-15(23-17(9-13)24-18(26)28-20(2,3)4)10-14-11-25(12-16(14)22)19(27)29-21(5,6)7/h8-9,14,16H,10-12,22H2,1-7H3,(H,23,24,26)/t14-,16+/m1/s1. The highest BCUT2D eigenvalue weighted by molar-refractivity contribution is 5.83. The van der Waals surface area contributed by atoms with Crippen molar-refractivity contribution in [2.75, 3.05) is 18.4 Å². The van der Waals surface area contributed by atoms with Crippen molar-refractivity contribution < 1.29 is 19.1 Å². The van der Waals surface area contributed by atoms with Gasteiger partial charge >= 0.3 is 12.2 Å². The SMILES string of the molecule is Cc1cc(C[C@@H]2CN(C(=O)OC(C)(C)C)C[C@@H]2N)nc(NC(=O)OC(C)(C)C)c1.